The number of anilines is 2. The van der Waals surface area contributed by atoms with E-state index in [1.165, 1.54) is 17.8 Å². The zero-order valence-electron chi connectivity index (χ0n) is 12.1. The molecule has 120 valence electrons. The van der Waals surface area contributed by atoms with Crippen LogP contribution < -0.4 is 11.1 Å². The van der Waals surface area contributed by atoms with Crippen LogP contribution in [0.5, 0.6) is 0 Å². The van der Waals surface area contributed by atoms with Crippen molar-refractivity contribution in [3.63, 3.8) is 0 Å². The largest absolute Gasteiger partial charge is 0.393 e. The van der Waals surface area contributed by atoms with E-state index in [4.69, 9.17) is 10.5 Å². The van der Waals surface area contributed by atoms with Crippen molar-refractivity contribution in [1.29, 1.82) is 0 Å². The van der Waals surface area contributed by atoms with Gasteiger partial charge in [-0.1, -0.05) is 0 Å². The SMILES string of the molecule is CNc1nc(N)nc2c1ncn2[C@@H]1O[C@](C)(CO)[C@@H](O)[C@H]1F. The van der Waals surface area contributed by atoms with E-state index in [1.807, 2.05) is 0 Å². The molecule has 0 saturated carbocycles. The van der Waals surface area contributed by atoms with Gasteiger partial charge in [0.25, 0.3) is 0 Å². The smallest absolute Gasteiger partial charge is 0.224 e. The van der Waals surface area contributed by atoms with Gasteiger partial charge >= 0.3 is 0 Å². The highest BCUT2D eigenvalue weighted by atomic mass is 19.1. The monoisotopic (exact) mass is 312 g/mol. The molecule has 10 heteroatoms. The molecule has 1 aliphatic rings. The van der Waals surface area contributed by atoms with E-state index in [-0.39, 0.29) is 11.6 Å². The van der Waals surface area contributed by atoms with Gasteiger partial charge in [0, 0.05) is 7.05 Å². The number of aliphatic hydroxyl groups excluding tert-OH is 2. The first kappa shape index (κ1) is 14.9. The highest BCUT2D eigenvalue weighted by Crippen LogP contribution is 2.40. The van der Waals surface area contributed by atoms with Crippen molar-refractivity contribution >= 4 is 22.9 Å². The standard InChI is InChI=1S/C12H17FN6O3/c1-12(3-20)7(21)5(13)10(22-12)19-4-16-6-8(15-2)17-11(14)18-9(6)19/h4-5,7,10,20-21H,3H2,1-2H3,(H3,14,15,17,18)/t5-,7+,10-,12-/m1/s1. The molecule has 3 rings (SSSR count). The lowest BCUT2D eigenvalue weighted by Gasteiger charge is -2.24. The predicted octanol–water partition coefficient (Wildman–Crippen LogP) is -0.571. The van der Waals surface area contributed by atoms with E-state index in [1.54, 1.807) is 7.05 Å². The molecule has 1 fully saturated rings. The van der Waals surface area contributed by atoms with Gasteiger partial charge in [0.1, 0.15) is 11.7 Å². The lowest BCUT2D eigenvalue weighted by Crippen LogP contribution is -2.42. The van der Waals surface area contributed by atoms with Crippen LogP contribution in [0.1, 0.15) is 13.2 Å². The number of halogens is 1. The number of imidazole rings is 1. The minimum Gasteiger partial charge on any atom is -0.393 e. The highest BCUT2D eigenvalue weighted by Gasteiger charge is 2.53. The summed E-state index contributed by atoms with van der Waals surface area (Å²) in [5.74, 6) is 0.401. The molecular formula is C12H17FN6O3. The second-order valence-electron chi connectivity index (χ2n) is 5.37. The topological polar surface area (TPSA) is 131 Å². The Bertz CT molecular complexity index is 709. The van der Waals surface area contributed by atoms with E-state index in [9.17, 15) is 14.6 Å². The molecule has 0 spiro atoms. The van der Waals surface area contributed by atoms with Crippen LogP contribution in [0.15, 0.2) is 6.33 Å². The van der Waals surface area contributed by atoms with Gasteiger partial charge in [-0.25, -0.2) is 9.37 Å². The van der Waals surface area contributed by atoms with Crippen molar-refractivity contribution in [2.45, 2.75) is 31.0 Å². The van der Waals surface area contributed by atoms with Gasteiger partial charge in [0.2, 0.25) is 5.95 Å². The summed E-state index contributed by atoms with van der Waals surface area (Å²) in [6.07, 6.45) is -3.05. The number of fused-ring (bicyclic) bond motifs is 1. The molecule has 0 unspecified atom stereocenters. The molecule has 0 bridgehead atoms. The number of rotatable bonds is 3. The lowest BCUT2D eigenvalue weighted by molar-refractivity contribution is -0.115. The maximum absolute atomic E-state index is 14.4. The predicted molar refractivity (Wildman–Crippen MR) is 75.8 cm³/mol. The molecule has 22 heavy (non-hydrogen) atoms. The Kier molecular flexibility index (Phi) is 3.38. The van der Waals surface area contributed by atoms with Gasteiger partial charge < -0.3 is 26.0 Å². The Hall–Kier alpha value is -2.04. The number of hydrogen-bond acceptors (Lipinski definition) is 8. The van der Waals surface area contributed by atoms with Gasteiger partial charge in [-0.3, -0.25) is 4.57 Å². The molecule has 5 N–H and O–H groups in total. The van der Waals surface area contributed by atoms with Gasteiger partial charge in [-0.2, -0.15) is 9.97 Å². The number of aliphatic hydroxyl groups is 2. The molecule has 0 radical (unpaired) electrons. The summed E-state index contributed by atoms with van der Waals surface area (Å²) < 4.78 is 21.3. The van der Waals surface area contributed by atoms with E-state index >= 15 is 0 Å². The second-order valence-corrected chi connectivity index (χ2v) is 5.37. The normalized spacial score (nSPS) is 31.8. The number of alkyl halides is 1. The number of nitrogens with zero attached hydrogens (tertiary/aromatic N) is 4. The fraction of sp³-hybridized carbons (Fsp3) is 0.583. The van der Waals surface area contributed by atoms with Gasteiger partial charge in [-0.05, 0) is 6.92 Å². The molecule has 1 aliphatic heterocycles. The van der Waals surface area contributed by atoms with Crippen LogP contribution in [0.3, 0.4) is 0 Å². The van der Waals surface area contributed by atoms with Gasteiger partial charge in [0.15, 0.2) is 29.4 Å². The summed E-state index contributed by atoms with van der Waals surface area (Å²) in [5.41, 5.74) is 4.92. The van der Waals surface area contributed by atoms with Gasteiger partial charge in [-0.15, -0.1) is 0 Å². The van der Waals surface area contributed by atoms with Gasteiger partial charge in [0.05, 0.1) is 12.9 Å². The van der Waals surface area contributed by atoms with E-state index in [0.717, 1.165) is 0 Å². The van der Waals surface area contributed by atoms with Crippen molar-refractivity contribution in [1.82, 2.24) is 19.5 Å². The minimum atomic E-state index is -1.75. The number of nitrogens with two attached hydrogens (primary N) is 1. The molecular weight excluding hydrogens is 295 g/mol. The molecule has 9 nitrogen and oxygen atoms in total. The van der Waals surface area contributed by atoms with Crippen LogP contribution in [0, 0.1) is 0 Å². The fourth-order valence-electron chi connectivity index (χ4n) is 2.54. The summed E-state index contributed by atoms with van der Waals surface area (Å²) >= 11 is 0. The molecule has 1 saturated heterocycles. The summed E-state index contributed by atoms with van der Waals surface area (Å²) in [4.78, 5) is 12.2. The zero-order chi connectivity index (χ0) is 16.1. The Balaban J connectivity index is 2.10. The van der Waals surface area contributed by atoms with Crippen LogP contribution in [-0.2, 0) is 4.74 Å². The maximum Gasteiger partial charge on any atom is 0.224 e. The molecule has 2 aromatic heterocycles. The Morgan fingerprint density at radius 1 is 1.55 bits per heavy atom. The fourth-order valence-corrected chi connectivity index (χ4v) is 2.54. The Morgan fingerprint density at radius 3 is 2.86 bits per heavy atom. The first-order valence-corrected chi connectivity index (χ1v) is 6.70. The van der Waals surface area contributed by atoms with Crippen LogP contribution >= 0.6 is 0 Å². The third kappa shape index (κ3) is 1.99. The minimum absolute atomic E-state index is 0.00234. The molecule has 0 amide bonds. The van der Waals surface area contributed by atoms with E-state index < -0.39 is 30.7 Å². The number of aromatic nitrogens is 4. The molecule has 0 aromatic carbocycles. The highest BCUT2D eigenvalue weighted by molar-refractivity contribution is 5.84. The van der Waals surface area contributed by atoms with Crippen LogP contribution in [0.4, 0.5) is 16.2 Å². The molecule has 0 aliphatic carbocycles. The summed E-state index contributed by atoms with van der Waals surface area (Å²) in [5, 5.41) is 22.1. The third-order valence-corrected chi connectivity index (χ3v) is 3.85. The Labute approximate surface area is 124 Å². The van der Waals surface area contributed by atoms with Crippen LogP contribution in [-0.4, -0.2) is 61.3 Å². The number of nitrogen functional groups attached to an aromatic ring is 1. The molecule has 3 heterocycles. The van der Waals surface area contributed by atoms with Crippen molar-refractivity contribution in [2.24, 2.45) is 0 Å². The lowest BCUT2D eigenvalue weighted by atomic mass is 9.99. The average molecular weight is 312 g/mol. The zero-order valence-corrected chi connectivity index (χ0v) is 12.1. The molecule has 4 atom stereocenters. The van der Waals surface area contributed by atoms with Crippen molar-refractivity contribution < 1.29 is 19.3 Å². The maximum atomic E-state index is 14.4. The summed E-state index contributed by atoms with van der Waals surface area (Å²) in [6, 6.07) is 0. The van der Waals surface area contributed by atoms with E-state index in [0.29, 0.717) is 11.3 Å². The van der Waals surface area contributed by atoms with Crippen molar-refractivity contribution in [2.75, 3.05) is 24.7 Å². The summed E-state index contributed by atoms with van der Waals surface area (Å²) in [7, 11) is 1.65. The average Bonchev–Trinajstić information content (AvgIpc) is 3.01. The first-order chi connectivity index (χ1) is 10.4. The third-order valence-electron chi connectivity index (χ3n) is 3.85. The molecule has 2 aromatic rings. The first-order valence-electron chi connectivity index (χ1n) is 6.70. The van der Waals surface area contributed by atoms with Crippen molar-refractivity contribution in [3.8, 4) is 0 Å². The summed E-state index contributed by atoms with van der Waals surface area (Å²) in [6.45, 7) is 0.919. The number of ether oxygens (including phenoxy) is 1. The Morgan fingerprint density at radius 2 is 2.27 bits per heavy atom. The van der Waals surface area contributed by atoms with E-state index in [2.05, 4.69) is 20.3 Å². The van der Waals surface area contributed by atoms with Crippen LogP contribution in [0.25, 0.3) is 11.2 Å². The van der Waals surface area contributed by atoms with Crippen LogP contribution in [0.2, 0.25) is 0 Å². The van der Waals surface area contributed by atoms with Crippen molar-refractivity contribution in [3.05, 3.63) is 6.33 Å². The second kappa shape index (κ2) is 5.00. The number of hydrogen-bond donors (Lipinski definition) is 4. The quantitative estimate of drug-likeness (QED) is 0.592. The number of nitrogens with one attached hydrogen (secondary N) is 1.